The number of nitrogens with two attached hydrogens (primary N) is 1. The van der Waals surface area contributed by atoms with Gasteiger partial charge in [0.05, 0.1) is 5.69 Å². The van der Waals surface area contributed by atoms with E-state index in [0.717, 1.165) is 25.8 Å². The average molecular weight is 239 g/mol. The second-order valence-electron chi connectivity index (χ2n) is 5.57. The molecule has 18 heavy (non-hydrogen) atoms. The van der Waals surface area contributed by atoms with E-state index in [1.165, 1.54) is 33.9 Å². The van der Waals surface area contributed by atoms with Gasteiger partial charge in [0.25, 0.3) is 0 Å². The first kappa shape index (κ1) is 10.3. The Bertz CT molecular complexity index is 639. The van der Waals surface area contributed by atoms with Crippen LogP contribution >= 0.6 is 0 Å². The van der Waals surface area contributed by atoms with Gasteiger partial charge in [-0.1, -0.05) is 17.7 Å². The van der Waals surface area contributed by atoms with Gasteiger partial charge in [-0.25, -0.2) is 4.98 Å². The first-order valence-electron chi connectivity index (χ1n) is 6.66. The third-order valence-corrected chi connectivity index (χ3v) is 4.19. The van der Waals surface area contributed by atoms with Crippen molar-refractivity contribution in [3.05, 3.63) is 40.8 Å². The molecule has 1 aromatic heterocycles. The van der Waals surface area contributed by atoms with Crippen molar-refractivity contribution >= 4 is 0 Å². The minimum absolute atomic E-state index is 0.293. The number of aromatic nitrogens is 2. The second-order valence-corrected chi connectivity index (χ2v) is 5.57. The van der Waals surface area contributed by atoms with Crippen LogP contribution in [0.1, 0.15) is 29.1 Å². The molecule has 3 heteroatoms. The normalized spacial score (nSPS) is 20.4. The summed E-state index contributed by atoms with van der Waals surface area (Å²) in [6.07, 6.45) is 3.11. The number of benzene rings is 1. The van der Waals surface area contributed by atoms with Crippen LogP contribution in [0.25, 0.3) is 11.3 Å². The van der Waals surface area contributed by atoms with Crippen LogP contribution in [0, 0.1) is 6.92 Å². The van der Waals surface area contributed by atoms with Crippen molar-refractivity contribution in [1.82, 2.24) is 9.55 Å². The fourth-order valence-electron chi connectivity index (χ4n) is 3.22. The molecule has 1 aromatic carbocycles. The third-order valence-electron chi connectivity index (χ3n) is 4.19. The molecule has 92 valence electrons. The van der Waals surface area contributed by atoms with Crippen LogP contribution in [-0.2, 0) is 19.4 Å². The molecule has 4 rings (SSSR count). The molecule has 3 nitrogen and oxygen atoms in total. The maximum absolute atomic E-state index is 6.08. The van der Waals surface area contributed by atoms with E-state index >= 15 is 0 Å². The Balaban J connectivity index is 1.90. The number of imidazole rings is 1. The number of rotatable bonds is 0. The number of hydrogen-bond donors (Lipinski definition) is 1. The Morgan fingerprint density at radius 1 is 1.39 bits per heavy atom. The Morgan fingerprint density at radius 3 is 3.17 bits per heavy atom. The maximum atomic E-state index is 6.08. The molecule has 0 spiro atoms. The summed E-state index contributed by atoms with van der Waals surface area (Å²) in [5, 5.41) is 0. The van der Waals surface area contributed by atoms with E-state index in [-0.39, 0.29) is 0 Å². The molecule has 1 atom stereocenters. The molecule has 2 N–H and O–H groups in total. The largest absolute Gasteiger partial charge is 0.330 e. The van der Waals surface area contributed by atoms with E-state index in [2.05, 4.69) is 29.7 Å². The Morgan fingerprint density at radius 2 is 2.28 bits per heavy atom. The Labute approximate surface area is 107 Å². The first-order chi connectivity index (χ1) is 8.72. The zero-order valence-corrected chi connectivity index (χ0v) is 10.6. The van der Waals surface area contributed by atoms with E-state index in [4.69, 9.17) is 10.7 Å². The van der Waals surface area contributed by atoms with Crippen molar-refractivity contribution in [2.75, 3.05) is 0 Å². The van der Waals surface area contributed by atoms with Crippen LogP contribution in [-0.4, -0.2) is 15.6 Å². The summed E-state index contributed by atoms with van der Waals surface area (Å²) in [5.74, 6) is 1.23. The fraction of sp³-hybridized carbons (Fsp3) is 0.400. The highest BCUT2D eigenvalue weighted by molar-refractivity contribution is 5.73. The lowest BCUT2D eigenvalue weighted by Gasteiger charge is -2.21. The highest BCUT2D eigenvalue weighted by Gasteiger charge is 2.29. The van der Waals surface area contributed by atoms with E-state index in [0.29, 0.717) is 6.04 Å². The number of nitrogens with zero attached hydrogens (tertiary/aromatic N) is 2. The Kier molecular flexibility index (Phi) is 1.98. The minimum Gasteiger partial charge on any atom is -0.330 e. The van der Waals surface area contributed by atoms with Gasteiger partial charge >= 0.3 is 0 Å². The quantitative estimate of drug-likeness (QED) is 0.652. The van der Waals surface area contributed by atoms with Crippen molar-refractivity contribution in [2.45, 2.75) is 38.8 Å². The van der Waals surface area contributed by atoms with Gasteiger partial charge in [-0.05, 0) is 25.0 Å². The van der Waals surface area contributed by atoms with Crippen molar-refractivity contribution < 1.29 is 0 Å². The lowest BCUT2D eigenvalue weighted by atomic mass is 10.1. The van der Waals surface area contributed by atoms with E-state index in [1.807, 2.05) is 0 Å². The second kappa shape index (κ2) is 3.45. The summed E-state index contributed by atoms with van der Waals surface area (Å²) >= 11 is 0. The van der Waals surface area contributed by atoms with E-state index in [9.17, 15) is 0 Å². The van der Waals surface area contributed by atoms with Crippen molar-refractivity contribution in [3.63, 3.8) is 0 Å². The average Bonchev–Trinajstić information content (AvgIpc) is 2.86. The lowest BCUT2D eigenvalue weighted by molar-refractivity contribution is 0.446. The number of aryl methyl sites for hydroxylation is 2. The topological polar surface area (TPSA) is 43.8 Å². The van der Waals surface area contributed by atoms with Gasteiger partial charge in [-0.15, -0.1) is 0 Å². The Hall–Kier alpha value is -1.61. The van der Waals surface area contributed by atoms with Crippen molar-refractivity contribution in [1.29, 1.82) is 0 Å². The van der Waals surface area contributed by atoms with Gasteiger partial charge in [0.2, 0.25) is 0 Å². The molecule has 1 aliphatic carbocycles. The standard InChI is InChI=1S/C15H17N3/c1-9-2-3-10-7-13-15(12(10)6-9)17-14-5-4-11(16)8-18(13)14/h2-3,6,11H,4-5,7-8,16H2,1H3. The van der Waals surface area contributed by atoms with Gasteiger partial charge in [0, 0.05) is 36.7 Å². The van der Waals surface area contributed by atoms with Crippen LogP contribution < -0.4 is 5.73 Å². The van der Waals surface area contributed by atoms with Gasteiger partial charge in [0.1, 0.15) is 5.82 Å². The summed E-state index contributed by atoms with van der Waals surface area (Å²) in [7, 11) is 0. The highest BCUT2D eigenvalue weighted by atomic mass is 15.1. The SMILES string of the molecule is Cc1ccc2c(c1)-c1nc3n(c1C2)CC(N)CC3. The summed E-state index contributed by atoms with van der Waals surface area (Å²) in [4.78, 5) is 4.86. The molecule has 2 heterocycles. The van der Waals surface area contributed by atoms with E-state index < -0.39 is 0 Å². The van der Waals surface area contributed by atoms with Crippen LogP contribution in [0.3, 0.4) is 0 Å². The summed E-state index contributed by atoms with van der Waals surface area (Å²) in [5.41, 5.74) is 12.7. The zero-order valence-electron chi connectivity index (χ0n) is 10.6. The van der Waals surface area contributed by atoms with Crippen molar-refractivity contribution in [2.24, 2.45) is 5.73 Å². The molecule has 0 radical (unpaired) electrons. The summed E-state index contributed by atoms with van der Waals surface area (Å²) in [6.45, 7) is 3.08. The first-order valence-corrected chi connectivity index (χ1v) is 6.66. The summed E-state index contributed by atoms with van der Waals surface area (Å²) < 4.78 is 2.36. The molecule has 2 aromatic rings. The predicted molar refractivity (Wildman–Crippen MR) is 71.5 cm³/mol. The summed E-state index contributed by atoms with van der Waals surface area (Å²) in [6, 6.07) is 6.98. The molecule has 2 aliphatic rings. The smallest absolute Gasteiger partial charge is 0.109 e. The van der Waals surface area contributed by atoms with Gasteiger partial charge in [0.15, 0.2) is 0 Å². The fourth-order valence-corrected chi connectivity index (χ4v) is 3.22. The van der Waals surface area contributed by atoms with Crippen LogP contribution in [0.15, 0.2) is 18.2 Å². The van der Waals surface area contributed by atoms with Crippen LogP contribution in [0.4, 0.5) is 0 Å². The molecule has 0 saturated heterocycles. The third kappa shape index (κ3) is 1.31. The van der Waals surface area contributed by atoms with Gasteiger partial charge in [-0.2, -0.15) is 0 Å². The molecule has 0 fully saturated rings. The molecular formula is C15H17N3. The number of fused-ring (bicyclic) bond motifs is 5. The molecule has 0 bridgehead atoms. The molecular weight excluding hydrogens is 222 g/mol. The van der Waals surface area contributed by atoms with Gasteiger partial charge in [-0.3, -0.25) is 0 Å². The van der Waals surface area contributed by atoms with Crippen LogP contribution in [0.5, 0.6) is 0 Å². The monoisotopic (exact) mass is 239 g/mol. The molecule has 0 amide bonds. The van der Waals surface area contributed by atoms with E-state index in [1.54, 1.807) is 0 Å². The number of hydrogen-bond acceptors (Lipinski definition) is 2. The maximum Gasteiger partial charge on any atom is 0.109 e. The molecule has 1 aliphatic heterocycles. The highest BCUT2D eigenvalue weighted by Crippen LogP contribution is 2.38. The lowest BCUT2D eigenvalue weighted by Crippen LogP contribution is -2.32. The molecule has 0 saturated carbocycles. The minimum atomic E-state index is 0.293. The van der Waals surface area contributed by atoms with Crippen LogP contribution in [0.2, 0.25) is 0 Å². The zero-order chi connectivity index (χ0) is 12.3. The van der Waals surface area contributed by atoms with Crippen molar-refractivity contribution in [3.8, 4) is 11.3 Å². The van der Waals surface area contributed by atoms with Gasteiger partial charge < -0.3 is 10.3 Å². The predicted octanol–water partition coefficient (Wildman–Crippen LogP) is 2.04. The molecule has 1 unspecified atom stereocenters.